The van der Waals surface area contributed by atoms with Crippen LogP contribution in [0.2, 0.25) is 0 Å². The van der Waals surface area contributed by atoms with E-state index in [1.54, 1.807) is 22.7 Å². The minimum absolute atomic E-state index is 0.238. The number of nitrogens with zero attached hydrogens (tertiary/aromatic N) is 3. The van der Waals surface area contributed by atoms with Gasteiger partial charge in [-0.3, -0.25) is 4.40 Å². The molecule has 1 fully saturated rings. The summed E-state index contributed by atoms with van der Waals surface area (Å²) in [5.41, 5.74) is 6.84. The van der Waals surface area contributed by atoms with E-state index in [9.17, 15) is 8.42 Å². The van der Waals surface area contributed by atoms with Gasteiger partial charge >= 0.3 is 0 Å². The van der Waals surface area contributed by atoms with Gasteiger partial charge in [-0.1, -0.05) is 6.42 Å². The molecule has 0 aromatic carbocycles. The third-order valence-corrected chi connectivity index (χ3v) is 5.50. The Morgan fingerprint density at radius 3 is 2.94 bits per heavy atom. The number of pyridine rings is 1. The van der Waals surface area contributed by atoms with Crippen molar-refractivity contribution >= 4 is 21.2 Å². The normalized spacial score (nSPS) is 23.2. The first-order valence-corrected chi connectivity index (χ1v) is 7.61. The minimum atomic E-state index is -3.10. The summed E-state index contributed by atoms with van der Waals surface area (Å²) in [4.78, 5) is 0. The second-order valence-corrected chi connectivity index (χ2v) is 6.90. The highest BCUT2D eigenvalue weighted by Crippen LogP contribution is 2.32. The summed E-state index contributed by atoms with van der Waals surface area (Å²) in [6.45, 7) is 0. The highest BCUT2D eigenvalue weighted by molar-refractivity contribution is 7.91. The van der Waals surface area contributed by atoms with Crippen molar-refractivity contribution < 1.29 is 8.42 Å². The molecule has 0 radical (unpaired) electrons. The van der Waals surface area contributed by atoms with Crippen molar-refractivity contribution in [3.8, 4) is 0 Å². The molecule has 1 unspecified atom stereocenters. The van der Waals surface area contributed by atoms with Gasteiger partial charge in [0, 0.05) is 18.0 Å². The van der Waals surface area contributed by atoms with E-state index in [1.807, 2.05) is 0 Å². The lowest BCUT2D eigenvalue weighted by Gasteiger charge is -2.20. The SMILES string of the molecule is Nc1ccn2c(C3CCCCS3(=O)=O)nnc2c1. The molecule has 3 heterocycles. The third kappa shape index (κ3) is 1.74. The smallest absolute Gasteiger partial charge is 0.162 e. The molecule has 96 valence electrons. The molecule has 6 nitrogen and oxygen atoms in total. The van der Waals surface area contributed by atoms with E-state index in [0.29, 0.717) is 23.6 Å². The fourth-order valence-corrected chi connectivity index (χ4v) is 4.29. The van der Waals surface area contributed by atoms with Gasteiger partial charge in [-0.2, -0.15) is 0 Å². The molecule has 1 aliphatic rings. The van der Waals surface area contributed by atoms with Crippen LogP contribution in [0.3, 0.4) is 0 Å². The van der Waals surface area contributed by atoms with Crippen LogP contribution in [-0.4, -0.2) is 28.8 Å². The van der Waals surface area contributed by atoms with E-state index in [1.165, 1.54) is 0 Å². The second-order valence-electron chi connectivity index (χ2n) is 4.60. The Balaban J connectivity index is 2.14. The van der Waals surface area contributed by atoms with Gasteiger partial charge in [-0.05, 0) is 18.9 Å². The number of aromatic nitrogens is 3. The first-order chi connectivity index (χ1) is 8.58. The fraction of sp³-hybridized carbons (Fsp3) is 0.455. The van der Waals surface area contributed by atoms with Gasteiger partial charge in [-0.15, -0.1) is 10.2 Å². The molecular weight excluding hydrogens is 252 g/mol. The number of hydrogen-bond donors (Lipinski definition) is 1. The largest absolute Gasteiger partial charge is 0.399 e. The van der Waals surface area contributed by atoms with E-state index >= 15 is 0 Å². The van der Waals surface area contributed by atoms with Crippen LogP contribution in [-0.2, 0) is 9.84 Å². The van der Waals surface area contributed by atoms with Crippen LogP contribution in [0, 0.1) is 0 Å². The average Bonchev–Trinajstić information content (AvgIpc) is 2.71. The standard InChI is InChI=1S/C11H14N4O2S/c12-8-4-5-15-10(7-8)13-14-11(15)9-3-1-2-6-18(9,16)17/h4-5,7,9H,1-3,6,12H2. The molecule has 18 heavy (non-hydrogen) atoms. The van der Waals surface area contributed by atoms with Crippen LogP contribution in [0.4, 0.5) is 5.69 Å². The molecule has 0 aliphatic carbocycles. The summed E-state index contributed by atoms with van der Waals surface area (Å²) >= 11 is 0. The lowest BCUT2D eigenvalue weighted by Crippen LogP contribution is -2.23. The molecule has 0 amide bonds. The van der Waals surface area contributed by atoms with Crippen molar-refractivity contribution in [2.45, 2.75) is 24.5 Å². The van der Waals surface area contributed by atoms with E-state index in [-0.39, 0.29) is 5.75 Å². The van der Waals surface area contributed by atoms with E-state index in [0.717, 1.165) is 12.8 Å². The van der Waals surface area contributed by atoms with Crippen LogP contribution >= 0.6 is 0 Å². The number of anilines is 1. The minimum Gasteiger partial charge on any atom is -0.399 e. The lowest BCUT2D eigenvalue weighted by atomic mass is 10.2. The fourth-order valence-electron chi connectivity index (χ4n) is 2.39. The molecule has 0 saturated carbocycles. The molecule has 1 saturated heterocycles. The second kappa shape index (κ2) is 3.94. The van der Waals surface area contributed by atoms with Gasteiger partial charge in [0.15, 0.2) is 21.3 Å². The van der Waals surface area contributed by atoms with Gasteiger partial charge in [-0.25, -0.2) is 8.42 Å². The van der Waals surface area contributed by atoms with Crippen LogP contribution in [0.1, 0.15) is 30.3 Å². The van der Waals surface area contributed by atoms with Crippen LogP contribution in [0.25, 0.3) is 5.65 Å². The number of rotatable bonds is 1. The molecule has 2 N–H and O–H groups in total. The maximum absolute atomic E-state index is 12.1. The summed E-state index contributed by atoms with van der Waals surface area (Å²) < 4.78 is 25.9. The van der Waals surface area contributed by atoms with E-state index in [2.05, 4.69) is 10.2 Å². The zero-order chi connectivity index (χ0) is 12.8. The Morgan fingerprint density at radius 1 is 1.33 bits per heavy atom. The lowest BCUT2D eigenvalue weighted by molar-refractivity contribution is 0.537. The van der Waals surface area contributed by atoms with E-state index in [4.69, 9.17) is 5.73 Å². The molecule has 7 heteroatoms. The summed E-state index contributed by atoms with van der Waals surface area (Å²) in [5.74, 6) is 0.742. The van der Waals surface area contributed by atoms with Gasteiger partial charge < -0.3 is 5.73 Å². The zero-order valence-electron chi connectivity index (χ0n) is 9.78. The number of sulfone groups is 1. The Morgan fingerprint density at radius 2 is 2.17 bits per heavy atom. The molecule has 3 rings (SSSR count). The number of nitrogens with two attached hydrogens (primary N) is 1. The maximum Gasteiger partial charge on any atom is 0.162 e. The van der Waals surface area contributed by atoms with Crippen molar-refractivity contribution in [2.24, 2.45) is 0 Å². The maximum atomic E-state index is 12.1. The third-order valence-electron chi connectivity index (χ3n) is 3.33. The average molecular weight is 266 g/mol. The molecule has 0 spiro atoms. The quantitative estimate of drug-likeness (QED) is 0.830. The van der Waals surface area contributed by atoms with Crippen molar-refractivity contribution in [3.63, 3.8) is 0 Å². The predicted molar refractivity (Wildman–Crippen MR) is 67.8 cm³/mol. The van der Waals surface area contributed by atoms with Crippen LogP contribution < -0.4 is 5.73 Å². The number of fused-ring (bicyclic) bond motifs is 1. The molecule has 0 bridgehead atoms. The Hall–Kier alpha value is -1.63. The topological polar surface area (TPSA) is 90.3 Å². The van der Waals surface area contributed by atoms with Crippen LogP contribution in [0.5, 0.6) is 0 Å². The molecule has 2 aromatic heterocycles. The van der Waals surface area contributed by atoms with Gasteiger partial charge in [0.05, 0.1) is 5.75 Å². The highest BCUT2D eigenvalue weighted by Gasteiger charge is 2.33. The molecular formula is C11H14N4O2S. The van der Waals surface area contributed by atoms with E-state index < -0.39 is 15.1 Å². The van der Waals surface area contributed by atoms with Crippen molar-refractivity contribution in [1.82, 2.24) is 14.6 Å². The predicted octanol–water partition coefficient (Wildman–Crippen LogP) is 0.951. The Labute approximate surface area is 105 Å². The Kier molecular flexibility index (Phi) is 2.51. The summed E-state index contributed by atoms with van der Waals surface area (Å²) in [7, 11) is -3.10. The molecule has 1 aliphatic heterocycles. The summed E-state index contributed by atoms with van der Waals surface area (Å²) in [6.07, 6.45) is 3.99. The summed E-state index contributed by atoms with van der Waals surface area (Å²) in [5, 5.41) is 7.49. The number of nitrogen functional groups attached to an aromatic ring is 1. The van der Waals surface area contributed by atoms with Crippen molar-refractivity contribution in [2.75, 3.05) is 11.5 Å². The monoisotopic (exact) mass is 266 g/mol. The molecule has 1 atom stereocenters. The van der Waals surface area contributed by atoms with Crippen molar-refractivity contribution in [3.05, 3.63) is 24.2 Å². The molecule has 2 aromatic rings. The zero-order valence-corrected chi connectivity index (χ0v) is 10.6. The first-order valence-electron chi connectivity index (χ1n) is 5.90. The Bertz CT molecular complexity index is 692. The van der Waals surface area contributed by atoms with Gasteiger partial charge in [0.1, 0.15) is 5.25 Å². The number of hydrogen-bond acceptors (Lipinski definition) is 5. The summed E-state index contributed by atoms with van der Waals surface area (Å²) in [6, 6.07) is 3.40. The van der Waals surface area contributed by atoms with Crippen molar-refractivity contribution in [1.29, 1.82) is 0 Å². The van der Waals surface area contributed by atoms with Gasteiger partial charge in [0.2, 0.25) is 0 Å². The van der Waals surface area contributed by atoms with Gasteiger partial charge in [0.25, 0.3) is 0 Å². The van der Waals surface area contributed by atoms with Crippen LogP contribution in [0.15, 0.2) is 18.3 Å². The highest BCUT2D eigenvalue weighted by atomic mass is 32.2. The first kappa shape index (κ1) is 11.5.